The minimum absolute atomic E-state index is 0.00111. The van der Waals surface area contributed by atoms with Gasteiger partial charge in [0.05, 0.1) is 5.60 Å². The largest absolute Gasteiger partial charge is 0.386 e. The van der Waals surface area contributed by atoms with Crippen molar-refractivity contribution >= 4 is 0 Å². The molecule has 0 spiro atoms. The summed E-state index contributed by atoms with van der Waals surface area (Å²) in [6.45, 7) is 8.52. The molecule has 0 amide bonds. The summed E-state index contributed by atoms with van der Waals surface area (Å²) in [5, 5.41) is 10.3. The third-order valence-electron chi connectivity index (χ3n) is 4.19. The van der Waals surface area contributed by atoms with Crippen LogP contribution in [-0.2, 0) is 25.0 Å². The van der Waals surface area contributed by atoms with E-state index in [-0.39, 0.29) is 5.56 Å². The monoisotopic (exact) mass is 277 g/mol. The molecule has 0 bridgehead atoms. The Morgan fingerprint density at radius 2 is 1.95 bits per heavy atom. The summed E-state index contributed by atoms with van der Waals surface area (Å²) < 4.78 is 1.93. The number of rotatable bonds is 4. The Kier molecular flexibility index (Phi) is 4.38. The average molecular weight is 277 g/mol. The smallest absolute Gasteiger partial charge is 0.256 e. The van der Waals surface area contributed by atoms with Crippen molar-refractivity contribution in [3.05, 3.63) is 33.2 Å². The van der Waals surface area contributed by atoms with E-state index in [0.29, 0.717) is 11.5 Å². The van der Waals surface area contributed by atoms with Gasteiger partial charge in [-0.15, -0.1) is 0 Å². The predicted octanol–water partition coefficient (Wildman–Crippen LogP) is 3.00. The highest BCUT2D eigenvalue weighted by Crippen LogP contribution is 2.25. The van der Waals surface area contributed by atoms with Gasteiger partial charge in [0.15, 0.2) is 0 Å². The molecule has 0 unspecified atom stereocenters. The lowest BCUT2D eigenvalue weighted by molar-refractivity contribution is 0.0762. The number of hydrogen-bond acceptors (Lipinski definition) is 2. The van der Waals surface area contributed by atoms with Crippen LogP contribution in [-0.4, -0.2) is 9.67 Å². The Morgan fingerprint density at radius 3 is 2.55 bits per heavy atom. The molecule has 1 aliphatic rings. The van der Waals surface area contributed by atoms with Gasteiger partial charge in [0.2, 0.25) is 0 Å². The Hall–Kier alpha value is -1.09. The van der Waals surface area contributed by atoms with Gasteiger partial charge < -0.3 is 9.67 Å². The number of pyridine rings is 1. The van der Waals surface area contributed by atoms with Crippen LogP contribution in [0.5, 0.6) is 0 Å². The lowest BCUT2D eigenvalue weighted by atomic mass is 9.90. The van der Waals surface area contributed by atoms with Crippen molar-refractivity contribution in [3.63, 3.8) is 0 Å². The fourth-order valence-corrected chi connectivity index (χ4v) is 2.94. The predicted molar refractivity (Wildman–Crippen MR) is 82.0 cm³/mol. The summed E-state index contributed by atoms with van der Waals surface area (Å²) in [5.41, 5.74) is 1.94. The summed E-state index contributed by atoms with van der Waals surface area (Å²) in [7, 11) is 0. The molecule has 0 aromatic carbocycles. The molecule has 0 saturated heterocycles. The van der Waals surface area contributed by atoms with E-state index in [2.05, 4.69) is 13.8 Å². The quantitative estimate of drug-likeness (QED) is 0.919. The molecular weight excluding hydrogens is 250 g/mol. The fraction of sp³-hybridized carbons (Fsp3) is 0.706. The Bertz CT molecular complexity index is 535. The van der Waals surface area contributed by atoms with Crippen molar-refractivity contribution in [2.75, 3.05) is 0 Å². The second-order valence-corrected chi connectivity index (χ2v) is 6.94. The van der Waals surface area contributed by atoms with E-state index >= 15 is 0 Å². The summed E-state index contributed by atoms with van der Waals surface area (Å²) >= 11 is 0. The van der Waals surface area contributed by atoms with Gasteiger partial charge in [-0.1, -0.05) is 13.8 Å². The van der Waals surface area contributed by atoms with Crippen molar-refractivity contribution in [1.29, 1.82) is 0 Å². The van der Waals surface area contributed by atoms with Crippen LogP contribution in [0.15, 0.2) is 10.9 Å². The Balaban J connectivity index is 2.53. The van der Waals surface area contributed by atoms with Crippen molar-refractivity contribution in [3.8, 4) is 0 Å². The molecule has 1 aromatic heterocycles. The molecule has 0 saturated carbocycles. The van der Waals surface area contributed by atoms with Crippen molar-refractivity contribution in [2.24, 2.45) is 5.92 Å². The maximum atomic E-state index is 12.7. The topological polar surface area (TPSA) is 42.2 Å². The molecule has 1 N–H and O–H groups in total. The van der Waals surface area contributed by atoms with Gasteiger partial charge in [0, 0.05) is 17.8 Å². The maximum absolute atomic E-state index is 12.7. The van der Waals surface area contributed by atoms with Gasteiger partial charge in [0.1, 0.15) is 0 Å². The van der Waals surface area contributed by atoms with Crippen LogP contribution in [0.1, 0.15) is 63.8 Å². The van der Waals surface area contributed by atoms with E-state index in [4.69, 9.17) is 0 Å². The molecule has 1 heterocycles. The molecule has 112 valence electrons. The van der Waals surface area contributed by atoms with Gasteiger partial charge >= 0.3 is 0 Å². The normalized spacial score (nSPS) is 15.5. The number of aliphatic hydroxyl groups is 1. The van der Waals surface area contributed by atoms with Crippen molar-refractivity contribution < 1.29 is 5.11 Å². The lowest BCUT2D eigenvalue weighted by Gasteiger charge is -2.26. The molecule has 3 heteroatoms. The van der Waals surface area contributed by atoms with Gasteiger partial charge in [-0.25, -0.2) is 0 Å². The molecular formula is C17H27NO2. The highest BCUT2D eigenvalue weighted by atomic mass is 16.3. The molecule has 0 fully saturated rings. The number of aromatic nitrogens is 1. The second-order valence-electron chi connectivity index (χ2n) is 6.94. The van der Waals surface area contributed by atoms with E-state index < -0.39 is 5.60 Å². The van der Waals surface area contributed by atoms with Gasteiger partial charge in [-0.3, -0.25) is 4.79 Å². The van der Waals surface area contributed by atoms with Crippen LogP contribution in [0.2, 0.25) is 0 Å². The first kappa shape index (κ1) is 15.3. The minimum atomic E-state index is -1.07. The molecule has 0 atom stereocenters. The van der Waals surface area contributed by atoms with Crippen LogP contribution < -0.4 is 5.56 Å². The number of fused-ring (bicyclic) bond motifs is 1. The van der Waals surface area contributed by atoms with Crippen LogP contribution in [0.4, 0.5) is 0 Å². The van der Waals surface area contributed by atoms with Crippen molar-refractivity contribution in [2.45, 2.75) is 71.9 Å². The summed E-state index contributed by atoms with van der Waals surface area (Å²) in [4.78, 5) is 12.7. The molecule has 1 aliphatic carbocycles. The third-order valence-corrected chi connectivity index (χ3v) is 4.19. The molecule has 3 nitrogen and oxygen atoms in total. The second kappa shape index (κ2) is 5.72. The SMILES string of the molecule is CC(C)CCn1c2c(cc(C(C)(C)O)c1=O)CCCC2. The van der Waals surface area contributed by atoms with Crippen LogP contribution in [0.25, 0.3) is 0 Å². The van der Waals surface area contributed by atoms with Gasteiger partial charge in [-0.2, -0.15) is 0 Å². The van der Waals surface area contributed by atoms with Crippen LogP contribution >= 0.6 is 0 Å². The Morgan fingerprint density at radius 1 is 1.30 bits per heavy atom. The lowest BCUT2D eigenvalue weighted by Crippen LogP contribution is -2.35. The summed E-state index contributed by atoms with van der Waals surface area (Å²) in [6, 6.07) is 1.95. The van der Waals surface area contributed by atoms with Gasteiger partial charge in [-0.05, 0) is 63.5 Å². The Labute approximate surface area is 121 Å². The average Bonchev–Trinajstić information content (AvgIpc) is 2.35. The molecule has 0 radical (unpaired) electrons. The summed E-state index contributed by atoms with van der Waals surface area (Å²) in [6.07, 6.45) is 5.37. The van der Waals surface area contributed by atoms with E-state index in [1.54, 1.807) is 13.8 Å². The van der Waals surface area contributed by atoms with Crippen LogP contribution in [0.3, 0.4) is 0 Å². The zero-order valence-electron chi connectivity index (χ0n) is 13.2. The minimum Gasteiger partial charge on any atom is -0.386 e. The van der Waals surface area contributed by atoms with Crippen LogP contribution in [0, 0.1) is 5.92 Å². The van der Waals surface area contributed by atoms with Crippen molar-refractivity contribution in [1.82, 2.24) is 4.57 Å². The van der Waals surface area contributed by atoms with E-state index in [0.717, 1.165) is 32.2 Å². The van der Waals surface area contributed by atoms with Gasteiger partial charge in [0.25, 0.3) is 5.56 Å². The molecule has 20 heavy (non-hydrogen) atoms. The standard InChI is InChI=1S/C17H27NO2/c1-12(2)9-10-18-15-8-6-5-7-13(15)11-14(16(18)19)17(3,4)20/h11-12,20H,5-10H2,1-4H3. The van der Waals surface area contributed by atoms with E-state index in [9.17, 15) is 9.90 Å². The number of nitrogens with zero attached hydrogens (tertiary/aromatic N) is 1. The van der Waals surface area contributed by atoms with E-state index in [1.807, 2.05) is 10.6 Å². The maximum Gasteiger partial charge on any atom is 0.256 e. The zero-order valence-corrected chi connectivity index (χ0v) is 13.2. The molecule has 0 aliphatic heterocycles. The molecule has 1 aromatic rings. The first-order valence-corrected chi connectivity index (χ1v) is 7.79. The zero-order chi connectivity index (χ0) is 14.9. The first-order chi connectivity index (χ1) is 9.30. The third kappa shape index (κ3) is 3.14. The number of hydrogen-bond donors (Lipinski definition) is 1. The first-order valence-electron chi connectivity index (χ1n) is 7.79. The highest BCUT2D eigenvalue weighted by Gasteiger charge is 2.25. The number of aryl methyl sites for hydroxylation is 1. The fourth-order valence-electron chi connectivity index (χ4n) is 2.94. The highest BCUT2D eigenvalue weighted by molar-refractivity contribution is 5.31. The van der Waals surface area contributed by atoms with E-state index in [1.165, 1.54) is 17.7 Å². The summed E-state index contributed by atoms with van der Waals surface area (Å²) in [5.74, 6) is 0.576. The molecule has 2 rings (SSSR count).